The van der Waals surface area contributed by atoms with Crippen LogP contribution in [0, 0.1) is 5.92 Å². The molecule has 1 aromatic rings. The minimum Gasteiger partial charge on any atom is -0.493 e. The molecule has 6 nitrogen and oxygen atoms in total. The van der Waals surface area contributed by atoms with Gasteiger partial charge < -0.3 is 19.5 Å². The van der Waals surface area contributed by atoms with E-state index < -0.39 is 11.6 Å². The zero-order valence-corrected chi connectivity index (χ0v) is 16.7. The van der Waals surface area contributed by atoms with Gasteiger partial charge in [-0.15, -0.1) is 0 Å². The van der Waals surface area contributed by atoms with Crippen LogP contribution in [0.2, 0.25) is 0 Å². The summed E-state index contributed by atoms with van der Waals surface area (Å²) in [7, 11) is 1.31. The second-order valence-corrected chi connectivity index (χ2v) is 6.77. The first-order valence-electron chi connectivity index (χ1n) is 9.07. The maximum atomic E-state index is 12.9. The fourth-order valence-corrected chi connectivity index (χ4v) is 2.75. The van der Waals surface area contributed by atoms with Crippen molar-refractivity contribution in [3.05, 3.63) is 23.8 Å². The summed E-state index contributed by atoms with van der Waals surface area (Å²) in [5.41, 5.74) is -0.171. The lowest BCUT2D eigenvalue weighted by Crippen LogP contribution is -2.44. The lowest BCUT2D eigenvalue weighted by molar-refractivity contribution is -0.141. The number of nitrogens with one attached hydrogen (secondary N) is 1. The summed E-state index contributed by atoms with van der Waals surface area (Å²) >= 11 is 0. The van der Waals surface area contributed by atoms with Gasteiger partial charge in [-0.3, -0.25) is 4.79 Å². The Morgan fingerprint density at radius 2 is 1.92 bits per heavy atom. The van der Waals surface area contributed by atoms with Crippen molar-refractivity contribution in [1.82, 2.24) is 0 Å². The van der Waals surface area contributed by atoms with Crippen molar-refractivity contribution in [3.8, 4) is 5.75 Å². The van der Waals surface area contributed by atoms with Crippen LogP contribution in [-0.2, 0) is 14.3 Å². The molecule has 6 heteroatoms. The molecule has 1 N–H and O–H groups in total. The van der Waals surface area contributed by atoms with Gasteiger partial charge in [0.05, 0.1) is 13.7 Å². The number of carbonyl (C=O) groups excluding carboxylic acids is 2. The van der Waals surface area contributed by atoms with Crippen LogP contribution in [0.1, 0.15) is 57.8 Å². The highest BCUT2D eigenvalue weighted by Gasteiger charge is 2.35. The largest absolute Gasteiger partial charge is 0.493 e. The van der Waals surface area contributed by atoms with Crippen LogP contribution in [0.5, 0.6) is 5.75 Å². The number of benzene rings is 1. The second-order valence-electron chi connectivity index (χ2n) is 6.77. The maximum absolute atomic E-state index is 12.9. The molecule has 0 aromatic heterocycles. The zero-order valence-electron chi connectivity index (χ0n) is 16.7. The van der Waals surface area contributed by atoms with Crippen molar-refractivity contribution in [1.29, 1.82) is 0 Å². The van der Waals surface area contributed by atoms with Crippen LogP contribution in [0.15, 0.2) is 18.2 Å². The first-order chi connectivity index (χ1) is 12.3. The molecule has 0 spiro atoms. The van der Waals surface area contributed by atoms with Crippen molar-refractivity contribution in [2.24, 2.45) is 5.92 Å². The summed E-state index contributed by atoms with van der Waals surface area (Å²) in [5.74, 6) is -0.0329. The number of anilines is 1. The van der Waals surface area contributed by atoms with Crippen LogP contribution >= 0.6 is 0 Å². The minimum atomic E-state index is -0.936. The predicted octanol–water partition coefficient (Wildman–Crippen LogP) is 4.04. The number of esters is 1. The molecule has 0 bridgehead atoms. The van der Waals surface area contributed by atoms with Gasteiger partial charge in [0.1, 0.15) is 16.9 Å². The van der Waals surface area contributed by atoms with Crippen LogP contribution in [0.4, 0.5) is 5.69 Å². The molecule has 1 amide bonds. The van der Waals surface area contributed by atoms with Crippen molar-refractivity contribution in [2.75, 3.05) is 25.6 Å². The summed E-state index contributed by atoms with van der Waals surface area (Å²) in [5, 5.41) is 2.86. The van der Waals surface area contributed by atoms with Crippen LogP contribution in [0.3, 0.4) is 0 Å². The number of methoxy groups -OCH3 is 1. The quantitative estimate of drug-likeness (QED) is 0.633. The highest BCUT2D eigenvalue weighted by atomic mass is 16.5. The first-order valence-corrected chi connectivity index (χ1v) is 9.07. The van der Waals surface area contributed by atoms with Gasteiger partial charge in [0.2, 0.25) is 0 Å². The topological polar surface area (TPSA) is 73.9 Å². The molecule has 0 radical (unpaired) electrons. The van der Waals surface area contributed by atoms with E-state index in [1.807, 2.05) is 27.7 Å². The lowest BCUT2D eigenvalue weighted by Gasteiger charge is -2.30. The Bertz CT molecular complexity index is 614. The van der Waals surface area contributed by atoms with Crippen molar-refractivity contribution in [3.63, 3.8) is 0 Å². The minimum absolute atomic E-state index is 0.236. The molecule has 0 saturated carbocycles. The van der Waals surface area contributed by atoms with Crippen molar-refractivity contribution < 1.29 is 23.8 Å². The number of ether oxygens (including phenoxy) is 3. The van der Waals surface area contributed by atoms with Crippen LogP contribution < -0.4 is 10.1 Å². The van der Waals surface area contributed by atoms with Crippen molar-refractivity contribution in [2.45, 2.75) is 53.1 Å². The Labute approximate surface area is 156 Å². The molecule has 0 saturated heterocycles. The van der Waals surface area contributed by atoms with Gasteiger partial charge in [-0.25, -0.2) is 4.79 Å². The predicted molar refractivity (Wildman–Crippen MR) is 102 cm³/mol. The molecule has 0 fully saturated rings. The number of rotatable bonds is 10. The molecule has 1 atom stereocenters. The van der Waals surface area contributed by atoms with E-state index >= 15 is 0 Å². The Balaban J connectivity index is 3.07. The van der Waals surface area contributed by atoms with Gasteiger partial charge in [-0.1, -0.05) is 20.8 Å². The lowest BCUT2D eigenvalue weighted by atomic mass is 9.93. The van der Waals surface area contributed by atoms with Crippen LogP contribution in [-0.4, -0.2) is 37.8 Å². The van der Waals surface area contributed by atoms with E-state index in [1.54, 1.807) is 25.1 Å². The molecule has 1 aromatic carbocycles. The van der Waals surface area contributed by atoms with Gasteiger partial charge in [0.15, 0.2) is 0 Å². The fraction of sp³-hybridized carbons (Fsp3) is 0.600. The standard InChI is InChI=1S/C20H31NO5/c1-7-11-26-20(5,13-14(3)4)19(23)21-15-9-10-17(25-8-2)16(12-15)18(22)24-6/h9-10,12,14H,7-8,11,13H2,1-6H3,(H,21,23)/t20-/m1/s1. The molecule has 0 heterocycles. The molecule has 1 rings (SSSR count). The molecule has 146 valence electrons. The summed E-state index contributed by atoms with van der Waals surface area (Å²) in [4.78, 5) is 24.8. The van der Waals surface area contributed by atoms with E-state index in [1.165, 1.54) is 7.11 Å². The number of amides is 1. The summed E-state index contributed by atoms with van der Waals surface area (Å²) < 4.78 is 16.1. The average Bonchev–Trinajstić information content (AvgIpc) is 2.60. The maximum Gasteiger partial charge on any atom is 0.341 e. The highest BCUT2D eigenvalue weighted by molar-refractivity contribution is 5.99. The van der Waals surface area contributed by atoms with Gasteiger partial charge in [-0.2, -0.15) is 0 Å². The molecule has 0 aliphatic carbocycles. The third-order valence-corrected chi connectivity index (χ3v) is 3.85. The fourth-order valence-electron chi connectivity index (χ4n) is 2.75. The van der Waals surface area contributed by atoms with E-state index in [0.29, 0.717) is 37.0 Å². The molecular formula is C20H31NO5. The third-order valence-electron chi connectivity index (χ3n) is 3.85. The zero-order chi connectivity index (χ0) is 19.7. The number of hydrogen-bond donors (Lipinski definition) is 1. The molecule has 0 aliphatic heterocycles. The van der Waals surface area contributed by atoms with Gasteiger partial charge >= 0.3 is 5.97 Å². The van der Waals surface area contributed by atoms with Crippen LogP contribution in [0.25, 0.3) is 0 Å². The van der Waals surface area contributed by atoms with Gasteiger partial charge in [0, 0.05) is 12.3 Å². The average molecular weight is 365 g/mol. The number of hydrogen-bond acceptors (Lipinski definition) is 5. The normalized spacial score (nSPS) is 13.2. The Kier molecular flexibility index (Phi) is 8.58. The van der Waals surface area contributed by atoms with E-state index in [-0.39, 0.29) is 11.5 Å². The highest BCUT2D eigenvalue weighted by Crippen LogP contribution is 2.27. The molecule has 0 aliphatic rings. The Hall–Kier alpha value is -2.08. The summed E-state index contributed by atoms with van der Waals surface area (Å²) in [6.07, 6.45) is 1.43. The van der Waals surface area contributed by atoms with E-state index in [2.05, 4.69) is 5.32 Å². The first kappa shape index (κ1) is 22.0. The van der Waals surface area contributed by atoms with E-state index in [0.717, 1.165) is 6.42 Å². The summed E-state index contributed by atoms with van der Waals surface area (Å²) in [6.45, 7) is 10.7. The van der Waals surface area contributed by atoms with Gasteiger partial charge in [-0.05, 0) is 50.8 Å². The Morgan fingerprint density at radius 3 is 2.46 bits per heavy atom. The monoisotopic (exact) mass is 365 g/mol. The van der Waals surface area contributed by atoms with E-state index in [4.69, 9.17) is 14.2 Å². The Morgan fingerprint density at radius 1 is 1.23 bits per heavy atom. The second kappa shape index (κ2) is 10.2. The molecular weight excluding hydrogens is 334 g/mol. The number of carbonyl (C=O) groups is 2. The third kappa shape index (κ3) is 6.02. The smallest absolute Gasteiger partial charge is 0.341 e. The SMILES string of the molecule is CCCO[C@](C)(CC(C)C)C(=O)Nc1ccc(OCC)c(C(=O)OC)c1. The van der Waals surface area contributed by atoms with Gasteiger partial charge in [0.25, 0.3) is 5.91 Å². The summed E-state index contributed by atoms with van der Waals surface area (Å²) in [6, 6.07) is 4.91. The van der Waals surface area contributed by atoms with Crippen molar-refractivity contribution >= 4 is 17.6 Å². The molecule has 26 heavy (non-hydrogen) atoms. The van der Waals surface area contributed by atoms with E-state index in [9.17, 15) is 9.59 Å². The molecule has 0 unspecified atom stereocenters.